The van der Waals surface area contributed by atoms with E-state index in [1.165, 1.54) is 0 Å². The van der Waals surface area contributed by atoms with E-state index in [4.69, 9.17) is 0 Å². The average Bonchev–Trinajstić information content (AvgIpc) is 0.761. The summed E-state index contributed by atoms with van der Waals surface area (Å²) < 4.78 is 0. The van der Waals surface area contributed by atoms with E-state index in [2.05, 4.69) is 230 Å². The Morgan fingerprint density at radius 2 is 0.339 bits per heavy atom. The van der Waals surface area contributed by atoms with Gasteiger partial charge in [-0.15, -0.1) is 50.5 Å². The zero-order valence-corrected chi connectivity index (χ0v) is 87.8. The normalized spacial score (nSPS) is 11.3. The van der Waals surface area contributed by atoms with E-state index in [1.54, 1.807) is 36.4 Å². The summed E-state index contributed by atoms with van der Waals surface area (Å²) in [6.45, 7) is 40.7. The van der Waals surface area contributed by atoms with E-state index in [1.807, 2.05) is 109 Å². The molecule has 0 saturated heterocycles. The van der Waals surface area contributed by atoms with E-state index in [-0.39, 0.29) is 127 Å². The second-order valence-corrected chi connectivity index (χ2v) is 62.4. The fourth-order valence-corrected chi connectivity index (χ4v) is 31.9. The number of phenolic OH excluding ortho intramolecular Hbond substituents is 3. The molecule has 0 aromatic heterocycles. The second-order valence-electron chi connectivity index (χ2n) is 32.9. The summed E-state index contributed by atoms with van der Waals surface area (Å²) in [6.07, 6.45) is 0. The number of aromatic hydroxyl groups is 3. The van der Waals surface area contributed by atoms with Crippen molar-refractivity contribution in [2.24, 2.45) is 0 Å². The van der Waals surface area contributed by atoms with Gasteiger partial charge >= 0.3 is 56.6 Å². The first-order valence-electron chi connectivity index (χ1n) is 44.5. The van der Waals surface area contributed by atoms with Gasteiger partial charge in [0.25, 0.3) is 0 Å². The summed E-state index contributed by atoms with van der Waals surface area (Å²) in [7, 11) is -9.34. The van der Waals surface area contributed by atoms with Gasteiger partial charge in [0.05, 0.1) is 0 Å². The number of benzene rings is 12. The van der Waals surface area contributed by atoms with Crippen LogP contribution in [-0.2, 0) is 0 Å². The van der Waals surface area contributed by atoms with Crippen LogP contribution in [0.3, 0.4) is 0 Å². The third-order valence-electron chi connectivity index (χ3n) is 27.7. The minimum Gasteiger partial charge on any atom is -0.872 e. The van der Waals surface area contributed by atoms with Crippen molar-refractivity contribution in [3.63, 3.8) is 0 Å². The van der Waals surface area contributed by atoms with Crippen molar-refractivity contribution in [1.29, 1.82) is 0 Å². The molecule has 6 nitrogen and oxygen atoms in total. The number of hydrogen-bond donors (Lipinski definition) is 3. The molecule has 0 saturated carbocycles. The maximum absolute atomic E-state index is 13.3. The molecule has 12 rings (SSSR count). The van der Waals surface area contributed by atoms with Crippen molar-refractivity contribution in [3.8, 4) is 137 Å². The zero-order valence-electron chi connectivity index (χ0n) is 78.2. The van der Waals surface area contributed by atoms with Gasteiger partial charge in [-0.2, -0.15) is 0 Å². The van der Waals surface area contributed by atoms with Crippen LogP contribution in [0.5, 0.6) is 34.5 Å². The summed E-state index contributed by atoms with van der Waals surface area (Å²) >= 11 is 0. The summed E-state index contributed by atoms with van der Waals surface area (Å²) in [5.41, 5.74) is 31.2. The molecule has 0 fully saturated rings. The van der Waals surface area contributed by atoms with Crippen LogP contribution in [0.1, 0.15) is 158 Å². The number of hydrogen-bond acceptors (Lipinski definition) is 6. The van der Waals surface area contributed by atoms with Crippen LogP contribution in [0.25, 0.3) is 98.0 Å². The van der Waals surface area contributed by atoms with Gasteiger partial charge in [0.2, 0.25) is 0 Å². The summed E-state index contributed by atoms with van der Waals surface area (Å²) in [5, 5.41) is 83.9. The molecule has 0 amide bonds. The molecule has 12 aromatic carbocycles. The molecule has 0 heterocycles. The van der Waals surface area contributed by atoms with Crippen LogP contribution in [0.4, 0.5) is 0 Å². The second kappa shape index (κ2) is 47.6. The van der Waals surface area contributed by atoms with E-state index in [0.717, 1.165) is 207 Å². The smallest absolute Gasteiger partial charge is 0.872 e. The van der Waals surface area contributed by atoms with Gasteiger partial charge in [0, 0.05) is 85.7 Å². The van der Waals surface area contributed by atoms with Crippen LogP contribution >= 0.6 is 0 Å². The van der Waals surface area contributed by atoms with E-state index >= 15 is 0 Å². The molecular formula is C108H123LaLi3O6Si6. The molecule has 16 heteroatoms. The predicted molar refractivity (Wildman–Crippen MR) is 528 cm³/mol. The molecule has 0 aliphatic carbocycles. The fraction of sp³-hybridized carbons (Fsp3) is 0.333. The molecule has 124 heavy (non-hydrogen) atoms. The molecule has 0 aliphatic rings. The molecule has 0 spiro atoms. The molecule has 0 bridgehead atoms. The molecule has 0 aliphatic heterocycles. The van der Waals surface area contributed by atoms with Crippen LogP contribution < -0.4 is 71.9 Å². The molecular weight excluding hydrogens is 1720 g/mol. The molecule has 3 N–H and O–H groups in total. The van der Waals surface area contributed by atoms with Gasteiger partial charge in [-0.3, -0.25) is 0 Å². The Kier molecular flexibility index (Phi) is 40.5. The van der Waals surface area contributed by atoms with Crippen molar-refractivity contribution in [2.75, 3.05) is 0 Å². The zero-order chi connectivity index (χ0) is 86.7. The van der Waals surface area contributed by atoms with Crippen molar-refractivity contribution in [1.82, 2.24) is 0 Å². The van der Waals surface area contributed by atoms with Crippen molar-refractivity contribution < 1.29 is 123 Å². The number of phenols is 3. The van der Waals surface area contributed by atoms with E-state index in [0.29, 0.717) is 33.4 Å². The Morgan fingerprint density at radius 3 is 0.484 bits per heavy atom. The molecule has 0 atom stereocenters. The van der Waals surface area contributed by atoms with Gasteiger partial charge in [-0.1, -0.05) is 251 Å². The SMILES string of the molecule is CC[Si](C#Cc1ccc2c(-c3c(O)ccc4cc(C#C[Si](CC)(CC)CC)ccc34)c([O-])ccc2c1)(CC)CC.CC[Si](C#Cc1ccc2c(-c3c(O)ccc4cc(C#C[Si](CC)(CC)CC)ccc34)c([O-])ccc2c1)(CC)CC.CC[Si](C#Cc1ccc2c(-c3c(O)ccc4cc(C#C[Si](CC)(CC)CC)ccc34)c([O-])ccc2c1)(CC)CC.[La].[Li+].[Li+].[Li+]. The van der Waals surface area contributed by atoms with Crippen LogP contribution in [0.2, 0.25) is 109 Å². The molecule has 0 unspecified atom stereocenters. The Labute approximate surface area is 812 Å². The van der Waals surface area contributed by atoms with Crippen molar-refractivity contribution in [3.05, 3.63) is 215 Å². The van der Waals surface area contributed by atoms with E-state index in [9.17, 15) is 30.6 Å². The molecule has 1 radical (unpaired) electrons. The fourth-order valence-electron chi connectivity index (χ4n) is 17.2. The van der Waals surface area contributed by atoms with Gasteiger partial charge in [0.1, 0.15) is 65.7 Å². The quantitative estimate of drug-likeness (QED) is 0.0485. The maximum atomic E-state index is 13.3. The average molecular weight is 1850 g/mol. The monoisotopic (exact) mass is 1840 g/mol. The summed E-state index contributed by atoms with van der Waals surface area (Å²) in [4.78, 5) is 0. The first kappa shape index (κ1) is 105. The van der Waals surface area contributed by atoms with E-state index < -0.39 is 48.4 Å². The topological polar surface area (TPSA) is 130 Å². The van der Waals surface area contributed by atoms with Gasteiger partial charge in [-0.25, -0.2) is 0 Å². The standard InChI is InChI=1S/3C36H42O2Si2.La.3Li/c3*1-7-39(8-2,9-3)23-21-27-13-17-31-29(25-27)15-19-33(37)35(31)36-32-18-14-28(26-30(32)16-20-34(36)38)22-24-40(10-4,11-5)12-6;;;;/h3*13-20,25-26,37-38H,7-12H2,1-6H3;;;;/q;;;;3*+1/p-3. The van der Waals surface area contributed by atoms with Crippen molar-refractivity contribution >= 4 is 113 Å². The number of rotatable bonds is 21. The van der Waals surface area contributed by atoms with Crippen LogP contribution in [0.15, 0.2) is 182 Å². The van der Waals surface area contributed by atoms with Gasteiger partial charge < -0.3 is 30.6 Å². The summed E-state index contributed by atoms with van der Waals surface area (Å²) in [6, 6.07) is 78.8. The Balaban J connectivity index is 0.000000283. The van der Waals surface area contributed by atoms with Gasteiger partial charge in [-0.05, 0) is 281 Å². The Hall–Kier alpha value is -7.35. The van der Waals surface area contributed by atoms with Crippen LogP contribution in [-0.4, -0.2) is 63.8 Å². The first-order chi connectivity index (χ1) is 57.8. The Bertz CT molecular complexity index is 5160. The largest absolute Gasteiger partial charge is 1.00 e. The predicted octanol–water partition coefficient (Wildman–Crippen LogP) is 18.7. The van der Waals surface area contributed by atoms with Crippen molar-refractivity contribution in [2.45, 2.75) is 233 Å². The van der Waals surface area contributed by atoms with Crippen LogP contribution in [0, 0.1) is 104 Å². The first-order valence-corrected chi connectivity index (χ1v) is 60.2. The van der Waals surface area contributed by atoms with Gasteiger partial charge in [0.15, 0.2) is 0 Å². The Morgan fingerprint density at radius 1 is 0.202 bits per heavy atom. The maximum Gasteiger partial charge on any atom is 1.00 e. The minimum atomic E-state index is -1.56. The third-order valence-corrected chi connectivity index (χ3v) is 56.0. The molecule has 12 aromatic rings. The summed E-state index contributed by atoms with van der Waals surface area (Å²) in [5.74, 6) is 20.8. The third kappa shape index (κ3) is 23.6. The molecule has 621 valence electrons. The minimum absolute atomic E-state index is 0. The number of fused-ring (bicyclic) bond motifs is 6.